The van der Waals surface area contributed by atoms with Crippen LogP contribution in [0.3, 0.4) is 0 Å². The lowest BCUT2D eigenvalue weighted by atomic mass is 10.2. The maximum atomic E-state index is 13.0. The van der Waals surface area contributed by atoms with E-state index < -0.39 is 0 Å². The zero-order chi connectivity index (χ0) is 24.6. The molecule has 1 unspecified atom stereocenters. The Balaban J connectivity index is 1.55. The maximum absolute atomic E-state index is 13.0. The van der Waals surface area contributed by atoms with Gasteiger partial charge in [0.05, 0.1) is 43.7 Å². The Morgan fingerprint density at radius 2 is 2.17 bits per heavy atom. The van der Waals surface area contributed by atoms with Gasteiger partial charge in [0, 0.05) is 32.0 Å². The van der Waals surface area contributed by atoms with Crippen LogP contribution in [0.5, 0.6) is 5.75 Å². The number of morpholine rings is 1. The number of carbonyl (C=O) groups is 1. The standard InChI is InChI=1S/C24H27ClN6O4/c1-34-21-6-5-16(10-20(21)25)11-27-22-19(23(33)28-12-17-4-2-3-7-26-17)13-29-24(30-22)31-8-9-35-18(14-31)15-32/h2-7,10,13,18,32H,8-9,11-12,14-15H2,1H3,(H,28,33)(H,27,29,30). The number of halogens is 1. The Labute approximate surface area is 208 Å². The Kier molecular flexibility index (Phi) is 8.30. The van der Waals surface area contributed by atoms with Crippen molar-refractivity contribution in [1.29, 1.82) is 0 Å². The summed E-state index contributed by atoms with van der Waals surface area (Å²) in [6.07, 6.45) is 2.86. The van der Waals surface area contributed by atoms with Crippen molar-refractivity contribution < 1.29 is 19.4 Å². The third kappa shape index (κ3) is 6.36. The van der Waals surface area contributed by atoms with E-state index in [9.17, 15) is 9.90 Å². The number of anilines is 2. The second-order valence-electron chi connectivity index (χ2n) is 7.88. The number of ether oxygens (including phenoxy) is 2. The largest absolute Gasteiger partial charge is 0.495 e. The minimum absolute atomic E-state index is 0.0894. The fraction of sp³-hybridized carbons (Fsp3) is 0.333. The number of nitrogens with zero attached hydrogens (tertiary/aromatic N) is 4. The lowest BCUT2D eigenvalue weighted by Gasteiger charge is -2.32. The van der Waals surface area contributed by atoms with Crippen molar-refractivity contribution in [2.24, 2.45) is 0 Å². The fourth-order valence-electron chi connectivity index (χ4n) is 3.61. The van der Waals surface area contributed by atoms with Crippen molar-refractivity contribution in [2.45, 2.75) is 19.2 Å². The number of nitrogens with one attached hydrogen (secondary N) is 2. The maximum Gasteiger partial charge on any atom is 0.256 e. The average Bonchev–Trinajstić information content (AvgIpc) is 2.91. The molecule has 4 rings (SSSR count). The molecule has 0 spiro atoms. The monoisotopic (exact) mass is 498 g/mol. The average molecular weight is 499 g/mol. The van der Waals surface area contributed by atoms with Gasteiger partial charge in [-0.2, -0.15) is 4.98 Å². The van der Waals surface area contributed by atoms with Crippen molar-refractivity contribution in [3.8, 4) is 5.75 Å². The van der Waals surface area contributed by atoms with Crippen LogP contribution >= 0.6 is 11.6 Å². The van der Waals surface area contributed by atoms with E-state index in [2.05, 4.69) is 25.6 Å². The highest BCUT2D eigenvalue weighted by atomic mass is 35.5. The fourth-order valence-corrected chi connectivity index (χ4v) is 3.89. The number of hydrogen-bond acceptors (Lipinski definition) is 9. The summed E-state index contributed by atoms with van der Waals surface area (Å²) >= 11 is 6.26. The first-order valence-electron chi connectivity index (χ1n) is 11.2. The summed E-state index contributed by atoms with van der Waals surface area (Å²) in [5, 5.41) is 16.1. The van der Waals surface area contributed by atoms with Gasteiger partial charge in [0.2, 0.25) is 5.95 Å². The van der Waals surface area contributed by atoms with E-state index in [0.29, 0.717) is 54.3 Å². The molecule has 3 aromatic rings. The van der Waals surface area contributed by atoms with Crippen LogP contribution in [-0.4, -0.2) is 65.5 Å². The number of aromatic nitrogens is 3. The summed E-state index contributed by atoms with van der Waals surface area (Å²) in [5.41, 5.74) is 1.93. The minimum atomic E-state index is -0.326. The van der Waals surface area contributed by atoms with Crippen LogP contribution in [0.25, 0.3) is 0 Å². The summed E-state index contributed by atoms with van der Waals surface area (Å²) in [6.45, 7) is 2.05. The van der Waals surface area contributed by atoms with Gasteiger partial charge in [-0.3, -0.25) is 9.78 Å². The normalized spacial score (nSPS) is 15.5. The lowest BCUT2D eigenvalue weighted by molar-refractivity contribution is 0.00314. The molecule has 1 saturated heterocycles. The Morgan fingerprint density at radius 1 is 1.29 bits per heavy atom. The van der Waals surface area contributed by atoms with Gasteiger partial charge in [-0.15, -0.1) is 0 Å². The van der Waals surface area contributed by atoms with Crippen LogP contribution in [0.2, 0.25) is 5.02 Å². The third-order valence-electron chi connectivity index (χ3n) is 5.48. The summed E-state index contributed by atoms with van der Waals surface area (Å²) < 4.78 is 10.7. The van der Waals surface area contributed by atoms with Crippen molar-refractivity contribution in [3.63, 3.8) is 0 Å². The number of carbonyl (C=O) groups excluding carboxylic acids is 1. The molecule has 0 radical (unpaired) electrons. The van der Waals surface area contributed by atoms with Gasteiger partial charge in [0.25, 0.3) is 5.91 Å². The number of methoxy groups -OCH3 is 1. The van der Waals surface area contributed by atoms with Crippen molar-refractivity contribution >= 4 is 29.3 Å². The summed E-state index contributed by atoms with van der Waals surface area (Å²) in [6, 6.07) is 11.0. The molecule has 1 atom stereocenters. The Hall–Kier alpha value is -3.47. The van der Waals surface area contributed by atoms with Crippen LogP contribution in [0.4, 0.5) is 11.8 Å². The third-order valence-corrected chi connectivity index (χ3v) is 5.77. The first kappa shape index (κ1) is 24.6. The topological polar surface area (TPSA) is 122 Å². The number of aliphatic hydroxyl groups excluding tert-OH is 1. The van der Waals surface area contributed by atoms with Crippen LogP contribution < -0.4 is 20.3 Å². The van der Waals surface area contributed by atoms with E-state index in [1.165, 1.54) is 6.20 Å². The molecule has 1 fully saturated rings. The van der Waals surface area contributed by atoms with Gasteiger partial charge < -0.3 is 30.1 Å². The molecule has 184 valence electrons. The summed E-state index contributed by atoms with van der Waals surface area (Å²) in [5.74, 6) is 1.09. The van der Waals surface area contributed by atoms with Crippen molar-refractivity contribution in [3.05, 3.63) is 70.6 Å². The zero-order valence-corrected chi connectivity index (χ0v) is 20.0. The lowest BCUT2D eigenvalue weighted by Crippen LogP contribution is -2.45. The number of rotatable bonds is 9. The molecule has 1 amide bonds. The number of hydrogen-bond donors (Lipinski definition) is 3. The van der Waals surface area contributed by atoms with Gasteiger partial charge in [-0.05, 0) is 29.8 Å². The molecule has 10 nitrogen and oxygen atoms in total. The van der Waals surface area contributed by atoms with E-state index >= 15 is 0 Å². The van der Waals surface area contributed by atoms with E-state index in [1.54, 1.807) is 25.4 Å². The van der Waals surface area contributed by atoms with Gasteiger partial charge >= 0.3 is 0 Å². The second kappa shape index (κ2) is 11.8. The first-order chi connectivity index (χ1) is 17.1. The highest BCUT2D eigenvalue weighted by Gasteiger charge is 2.24. The van der Waals surface area contributed by atoms with Gasteiger partial charge in [0.1, 0.15) is 17.1 Å². The highest BCUT2D eigenvalue weighted by molar-refractivity contribution is 6.32. The predicted octanol–water partition coefficient (Wildman–Crippen LogP) is 2.27. The molecular formula is C24H27ClN6O4. The molecule has 1 aliphatic heterocycles. The number of amides is 1. The molecule has 0 aliphatic carbocycles. The first-order valence-corrected chi connectivity index (χ1v) is 11.5. The predicted molar refractivity (Wildman–Crippen MR) is 132 cm³/mol. The highest BCUT2D eigenvalue weighted by Crippen LogP contribution is 2.26. The van der Waals surface area contributed by atoms with Crippen LogP contribution in [0.15, 0.2) is 48.8 Å². The van der Waals surface area contributed by atoms with Gasteiger partial charge in [-0.25, -0.2) is 4.98 Å². The molecular weight excluding hydrogens is 472 g/mol. The Bertz CT molecular complexity index is 1150. The molecule has 0 bridgehead atoms. The van der Waals surface area contributed by atoms with Crippen LogP contribution in [-0.2, 0) is 17.8 Å². The SMILES string of the molecule is COc1ccc(CNc2nc(N3CCOC(CO)C3)ncc2C(=O)NCc2ccccn2)cc1Cl. The quantitative estimate of drug-likeness (QED) is 0.407. The van der Waals surface area contributed by atoms with Crippen LogP contribution in [0, 0.1) is 0 Å². The van der Waals surface area contributed by atoms with Crippen molar-refractivity contribution in [2.75, 3.05) is 43.6 Å². The van der Waals surface area contributed by atoms with E-state index in [0.717, 1.165) is 11.3 Å². The number of pyridine rings is 1. The number of benzene rings is 1. The van der Waals surface area contributed by atoms with Crippen molar-refractivity contribution in [1.82, 2.24) is 20.3 Å². The number of aliphatic hydroxyl groups is 1. The van der Waals surface area contributed by atoms with E-state index in [-0.39, 0.29) is 25.2 Å². The summed E-state index contributed by atoms with van der Waals surface area (Å²) in [4.78, 5) is 28.2. The zero-order valence-electron chi connectivity index (χ0n) is 19.3. The molecule has 11 heteroatoms. The Morgan fingerprint density at radius 3 is 2.91 bits per heavy atom. The molecule has 0 saturated carbocycles. The molecule has 3 heterocycles. The molecule has 3 N–H and O–H groups in total. The molecule has 2 aromatic heterocycles. The molecule has 1 aliphatic rings. The summed E-state index contributed by atoms with van der Waals surface area (Å²) in [7, 11) is 1.56. The molecule has 35 heavy (non-hydrogen) atoms. The van der Waals surface area contributed by atoms with E-state index in [4.69, 9.17) is 21.1 Å². The smallest absolute Gasteiger partial charge is 0.256 e. The molecule has 1 aromatic carbocycles. The van der Waals surface area contributed by atoms with Gasteiger partial charge in [0.15, 0.2) is 0 Å². The van der Waals surface area contributed by atoms with Crippen LogP contribution in [0.1, 0.15) is 21.6 Å². The second-order valence-corrected chi connectivity index (χ2v) is 8.29. The minimum Gasteiger partial charge on any atom is -0.495 e. The van der Waals surface area contributed by atoms with E-state index in [1.807, 2.05) is 29.2 Å². The van der Waals surface area contributed by atoms with Gasteiger partial charge in [-0.1, -0.05) is 23.7 Å².